The summed E-state index contributed by atoms with van der Waals surface area (Å²) >= 11 is 0. The molecule has 0 spiro atoms. The van der Waals surface area contributed by atoms with Crippen LogP contribution in [0.4, 0.5) is 0 Å². The first-order chi connectivity index (χ1) is 8.63. The van der Waals surface area contributed by atoms with Gasteiger partial charge in [0.2, 0.25) is 0 Å². The van der Waals surface area contributed by atoms with Crippen LogP contribution in [0, 0.1) is 0 Å². The maximum atomic E-state index is 11.7. The van der Waals surface area contributed by atoms with Gasteiger partial charge in [-0.25, -0.2) is 9.79 Å². The molecule has 0 aromatic carbocycles. The zero-order chi connectivity index (χ0) is 13.4. The molecule has 6 nitrogen and oxygen atoms in total. The molecule has 0 saturated heterocycles. The Hall–Kier alpha value is -2.24. The number of aliphatic imine (C=N–C) groups is 1. The van der Waals surface area contributed by atoms with E-state index in [0.717, 1.165) is 0 Å². The molecule has 18 heavy (non-hydrogen) atoms. The molecule has 0 aliphatic heterocycles. The fraction of sp³-hybridized carbons (Fsp3) is 0.333. The lowest BCUT2D eigenvalue weighted by molar-refractivity contribution is -0.138. The molecule has 0 radical (unpaired) electrons. The van der Waals surface area contributed by atoms with Crippen molar-refractivity contribution in [2.45, 2.75) is 6.92 Å². The van der Waals surface area contributed by atoms with Crippen molar-refractivity contribution >= 4 is 18.4 Å². The van der Waals surface area contributed by atoms with Gasteiger partial charge in [0.1, 0.15) is 0 Å². The molecule has 0 aliphatic carbocycles. The van der Waals surface area contributed by atoms with Crippen molar-refractivity contribution in [3.8, 4) is 0 Å². The number of hydrogen-bond acceptors (Lipinski definition) is 5. The highest BCUT2D eigenvalue weighted by Crippen LogP contribution is 2.06. The molecule has 0 saturated carbocycles. The van der Waals surface area contributed by atoms with Crippen LogP contribution in [0.3, 0.4) is 0 Å². The van der Waals surface area contributed by atoms with E-state index in [1.54, 1.807) is 30.4 Å². The van der Waals surface area contributed by atoms with E-state index in [-0.39, 0.29) is 5.70 Å². The van der Waals surface area contributed by atoms with Crippen LogP contribution < -0.4 is 0 Å². The summed E-state index contributed by atoms with van der Waals surface area (Å²) in [6, 6.07) is 0. The molecule has 0 fully saturated rings. The van der Waals surface area contributed by atoms with Crippen LogP contribution in [0.2, 0.25) is 0 Å². The van der Waals surface area contributed by atoms with Crippen molar-refractivity contribution in [1.29, 1.82) is 0 Å². The summed E-state index contributed by atoms with van der Waals surface area (Å²) in [4.78, 5) is 25.4. The van der Waals surface area contributed by atoms with E-state index in [9.17, 15) is 4.79 Å². The first-order valence-electron chi connectivity index (χ1n) is 5.49. The van der Waals surface area contributed by atoms with Crippen molar-refractivity contribution in [1.82, 2.24) is 14.9 Å². The zero-order valence-corrected chi connectivity index (χ0v) is 10.7. The van der Waals surface area contributed by atoms with E-state index in [1.165, 1.54) is 12.4 Å². The smallest absolute Gasteiger partial charge is 0.357 e. The van der Waals surface area contributed by atoms with Gasteiger partial charge in [-0.3, -0.25) is 9.97 Å². The topological polar surface area (TPSA) is 67.7 Å². The number of nitrogens with zero attached hydrogens (tertiary/aromatic N) is 4. The SMILES string of the molecule is CCOC(=O)/C(=C/c1cnccn1)N=CN(C)C. The Labute approximate surface area is 106 Å². The van der Waals surface area contributed by atoms with E-state index in [2.05, 4.69) is 15.0 Å². The van der Waals surface area contributed by atoms with Gasteiger partial charge in [-0.1, -0.05) is 0 Å². The summed E-state index contributed by atoms with van der Waals surface area (Å²) in [5.41, 5.74) is 0.738. The van der Waals surface area contributed by atoms with Gasteiger partial charge in [-0.05, 0) is 13.0 Å². The minimum atomic E-state index is -0.485. The van der Waals surface area contributed by atoms with Gasteiger partial charge >= 0.3 is 5.97 Å². The minimum absolute atomic E-state index is 0.186. The molecule has 0 atom stereocenters. The van der Waals surface area contributed by atoms with E-state index in [4.69, 9.17) is 4.74 Å². The van der Waals surface area contributed by atoms with Crippen molar-refractivity contribution in [2.75, 3.05) is 20.7 Å². The van der Waals surface area contributed by atoms with Crippen molar-refractivity contribution in [3.05, 3.63) is 30.0 Å². The van der Waals surface area contributed by atoms with Crippen LogP contribution in [0.1, 0.15) is 12.6 Å². The third kappa shape index (κ3) is 4.73. The second-order valence-corrected chi connectivity index (χ2v) is 3.59. The number of esters is 1. The summed E-state index contributed by atoms with van der Waals surface area (Å²) in [5.74, 6) is -0.485. The summed E-state index contributed by atoms with van der Waals surface area (Å²) in [5, 5.41) is 0. The van der Waals surface area contributed by atoms with Crippen molar-refractivity contribution < 1.29 is 9.53 Å². The Morgan fingerprint density at radius 2 is 2.28 bits per heavy atom. The van der Waals surface area contributed by atoms with Gasteiger partial charge in [0.05, 0.1) is 24.8 Å². The molecule has 1 rings (SSSR count). The first kappa shape index (κ1) is 13.8. The fourth-order valence-corrected chi connectivity index (χ4v) is 1.06. The normalized spacial score (nSPS) is 11.6. The van der Waals surface area contributed by atoms with Crippen molar-refractivity contribution in [3.63, 3.8) is 0 Å². The molecule has 1 heterocycles. The van der Waals surface area contributed by atoms with Crippen LogP contribution in [0.5, 0.6) is 0 Å². The Bertz CT molecular complexity index is 441. The second-order valence-electron chi connectivity index (χ2n) is 3.59. The predicted octanol–water partition coefficient (Wildman–Crippen LogP) is 0.970. The van der Waals surface area contributed by atoms with E-state index < -0.39 is 5.97 Å². The van der Waals surface area contributed by atoms with Gasteiger partial charge in [-0.2, -0.15) is 0 Å². The predicted molar refractivity (Wildman–Crippen MR) is 68.8 cm³/mol. The summed E-state index contributed by atoms with van der Waals surface area (Å²) in [6.07, 6.45) is 7.71. The molecule has 1 aromatic heterocycles. The summed E-state index contributed by atoms with van der Waals surface area (Å²) < 4.78 is 4.92. The number of rotatable bonds is 5. The summed E-state index contributed by atoms with van der Waals surface area (Å²) in [7, 11) is 3.63. The molecule has 0 aliphatic rings. The van der Waals surface area contributed by atoms with E-state index in [0.29, 0.717) is 12.3 Å². The lowest BCUT2D eigenvalue weighted by atomic mass is 10.3. The second kappa shape index (κ2) is 7.16. The Morgan fingerprint density at radius 3 is 2.83 bits per heavy atom. The average Bonchev–Trinajstić information content (AvgIpc) is 2.35. The van der Waals surface area contributed by atoms with Crippen LogP contribution in [0.15, 0.2) is 29.3 Å². The van der Waals surface area contributed by atoms with Gasteiger partial charge in [0.25, 0.3) is 0 Å². The lowest BCUT2D eigenvalue weighted by Crippen LogP contribution is -2.11. The van der Waals surface area contributed by atoms with Crippen LogP contribution in [-0.2, 0) is 9.53 Å². The summed E-state index contributed by atoms with van der Waals surface area (Å²) in [6.45, 7) is 2.04. The molecule has 0 unspecified atom stereocenters. The zero-order valence-electron chi connectivity index (χ0n) is 10.7. The average molecular weight is 248 g/mol. The number of aromatic nitrogens is 2. The minimum Gasteiger partial charge on any atom is -0.461 e. The maximum Gasteiger partial charge on any atom is 0.357 e. The van der Waals surface area contributed by atoms with Crippen molar-refractivity contribution in [2.24, 2.45) is 4.99 Å². The maximum absolute atomic E-state index is 11.7. The number of ether oxygens (including phenoxy) is 1. The van der Waals surface area contributed by atoms with Gasteiger partial charge in [-0.15, -0.1) is 0 Å². The van der Waals surface area contributed by atoms with Crippen LogP contribution in [-0.4, -0.2) is 47.9 Å². The third-order valence-corrected chi connectivity index (χ3v) is 1.78. The number of hydrogen-bond donors (Lipinski definition) is 0. The first-order valence-corrected chi connectivity index (χ1v) is 5.49. The number of carbonyl (C=O) groups excluding carboxylic acids is 1. The standard InChI is InChI=1S/C12H16N4O2/c1-4-18-12(17)11(15-9-16(2)3)7-10-8-13-5-6-14-10/h5-9H,4H2,1-3H3/b11-7-,15-9?. The molecule has 1 aromatic rings. The van der Waals surface area contributed by atoms with Gasteiger partial charge in [0.15, 0.2) is 5.70 Å². The monoisotopic (exact) mass is 248 g/mol. The molecule has 0 bridgehead atoms. The highest BCUT2D eigenvalue weighted by atomic mass is 16.5. The Morgan fingerprint density at radius 1 is 1.50 bits per heavy atom. The van der Waals surface area contributed by atoms with Crippen LogP contribution >= 0.6 is 0 Å². The molecule has 96 valence electrons. The lowest BCUT2D eigenvalue weighted by Gasteiger charge is -2.05. The van der Waals surface area contributed by atoms with E-state index in [1.807, 2.05) is 14.1 Å². The molecule has 0 N–H and O–H groups in total. The van der Waals surface area contributed by atoms with Gasteiger partial charge in [0, 0.05) is 26.5 Å². The third-order valence-electron chi connectivity index (χ3n) is 1.78. The molecule has 0 amide bonds. The fourth-order valence-electron chi connectivity index (χ4n) is 1.06. The Balaban J connectivity index is 2.97. The molecular formula is C12H16N4O2. The molecule has 6 heteroatoms. The van der Waals surface area contributed by atoms with Crippen LogP contribution in [0.25, 0.3) is 6.08 Å². The highest BCUT2D eigenvalue weighted by molar-refractivity contribution is 5.94. The van der Waals surface area contributed by atoms with E-state index >= 15 is 0 Å². The highest BCUT2D eigenvalue weighted by Gasteiger charge is 2.09. The van der Waals surface area contributed by atoms with Gasteiger partial charge < -0.3 is 9.64 Å². The largest absolute Gasteiger partial charge is 0.461 e. The quantitative estimate of drug-likeness (QED) is 0.336. The Kier molecular flexibility index (Phi) is 5.50. The number of carbonyl (C=O) groups is 1. The molecular weight excluding hydrogens is 232 g/mol.